The molecule has 0 unspecified atom stereocenters. The average molecular weight is 454 g/mol. The molecule has 1 saturated carbocycles. The van der Waals surface area contributed by atoms with Gasteiger partial charge in [0.25, 0.3) is 11.8 Å². The molecule has 1 aliphatic carbocycles. The lowest BCUT2D eigenvalue weighted by Crippen LogP contribution is -2.51. The maximum absolute atomic E-state index is 14.4. The lowest BCUT2D eigenvalue weighted by molar-refractivity contribution is -0.138. The number of piperazine rings is 1. The van der Waals surface area contributed by atoms with Crippen LogP contribution in [-0.4, -0.2) is 71.5 Å². The van der Waals surface area contributed by atoms with Crippen LogP contribution in [0, 0.1) is 11.7 Å². The van der Waals surface area contributed by atoms with Crippen molar-refractivity contribution in [2.24, 2.45) is 11.7 Å². The van der Waals surface area contributed by atoms with Gasteiger partial charge in [0.2, 0.25) is 5.91 Å². The number of benzene rings is 1. The van der Waals surface area contributed by atoms with Crippen LogP contribution in [0.4, 0.5) is 10.3 Å². The third-order valence-corrected chi connectivity index (χ3v) is 6.00. The van der Waals surface area contributed by atoms with Crippen molar-refractivity contribution < 1.29 is 23.6 Å². The number of carbonyl (C=O) groups excluding carboxylic acids is 1. The minimum Gasteiger partial charge on any atom is -0.489 e. The second-order valence-corrected chi connectivity index (χ2v) is 8.26. The minimum atomic E-state index is -0.660. The standard InChI is InChI=1S/C20H25ClFN5O4/c21-15-9-17(30-11-13(23)10-28)16(22)8-14(15)18-24-20(25-31-18)27-6-4-26(5-7-27)19(29)12-2-1-3-12/h8-9,12-13,28H,1-7,10-11,23H2/t13-/m0/s1. The fraction of sp³-hybridized carbons (Fsp3) is 0.550. The molecular weight excluding hydrogens is 429 g/mol. The Kier molecular flexibility index (Phi) is 6.59. The maximum Gasteiger partial charge on any atom is 0.266 e. The van der Waals surface area contributed by atoms with E-state index in [0.717, 1.165) is 25.3 Å². The maximum atomic E-state index is 14.4. The van der Waals surface area contributed by atoms with Gasteiger partial charge < -0.3 is 29.9 Å². The number of rotatable bonds is 7. The molecule has 3 N–H and O–H groups in total. The molecule has 2 aliphatic rings. The van der Waals surface area contributed by atoms with Crippen molar-refractivity contribution in [3.05, 3.63) is 23.0 Å². The number of nitrogens with two attached hydrogens (primary N) is 1. The Morgan fingerprint density at radius 3 is 2.74 bits per heavy atom. The summed E-state index contributed by atoms with van der Waals surface area (Å²) in [5.41, 5.74) is 5.81. The van der Waals surface area contributed by atoms with E-state index in [1.807, 2.05) is 9.80 Å². The summed E-state index contributed by atoms with van der Waals surface area (Å²) in [6, 6.07) is 1.85. The summed E-state index contributed by atoms with van der Waals surface area (Å²) >= 11 is 6.27. The molecule has 2 heterocycles. The van der Waals surface area contributed by atoms with E-state index in [2.05, 4.69) is 10.1 Å². The smallest absolute Gasteiger partial charge is 0.266 e. The second kappa shape index (κ2) is 9.37. The van der Waals surface area contributed by atoms with Crippen LogP contribution in [0.15, 0.2) is 16.7 Å². The number of aliphatic hydroxyl groups excluding tert-OH is 1. The fourth-order valence-electron chi connectivity index (χ4n) is 3.55. The Balaban J connectivity index is 1.40. The van der Waals surface area contributed by atoms with E-state index in [9.17, 15) is 9.18 Å². The first-order valence-electron chi connectivity index (χ1n) is 10.3. The lowest BCUT2D eigenvalue weighted by Gasteiger charge is -2.37. The van der Waals surface area contributed by atoms with Crippen molar-refractivity contribution in [1.29, 1.82) is 0 Å². The largest absolute Gasteiger partial charge is 0.489 e. The molecule has 1 amide bonds. The molecule has 1 aliphatic heterocycles. The Morgan fingerprint density at radius 2 is 2.10 bits per heavy atom. The number of hydrogen-bond acceptors (Lipinski definition) is 8. The van der Waals surface area contributed by atoms with E-state index in [1.165, 1.54) is 6.07 Å². The molecule has 0 bridgehead atoms. The highest BCUT2D eigenvalue weighted by Gasteiger charge is 2.32. The Labute approximate surface area is 183 Å². The van der Waals surface area contributed by atoms with Crippen LogP contribution in [0.2, 0.25) is 5.02 Å². The Bertz CT molecular complexity index is 930. The number of amides is 1. The fourth-order valence-corrected chi connectivity index (χ4v) is 3.78. The number of carbonyl (C=O) groups is 1. The topological polar surface area (TPSA) is 118 Å². The van der Waals surface area contributed by atoms with Gasteiger partial charge in [-0.2, -0.15) is 4.98 Å². The third-order valence-electron chi connectivity index (χ3n) is 5.68. The highest BCUT2D eigenvalue weighted by atomic mass is 35.5. The normalized spacial score (nSPS) is 18.1. The highest BCUT2D eigenvalue weighted by molar-refractivity contribution is 6.33. The van der Waals surface area contributed by atoms with Crippen LogP contribution >= 0.6 is 11.6 Å². The number of aliphatic hydroxyl groups is 1. The van der Waals surface area contributed by atoms with Gasteiger partial charge in [0.15, 0.2) is 11.6 Å². The first kappa shape index (κ1) is 21.8. The lowest BCUT2D eigenvalue weighted by atomic mass is 9.84. The van der Waals surface area contributed by atoms with E-state index in [0.29, 0.717) is 32.1 Å². The molecule has 2 aromatic rings. The van der Waals surface area contributed by atoms with E-state index < -0.39 is 11.9 Å². The molecule has 1 saturated heterocycles. The predicted octanol–water partition coefficient (Wildman–Crippen LogP) is 1.68. The highest BCUT2D eigenvalue weighted by Crippen LogP contribution is 2.34. The van der Waals surface area contributed by atoms with Crippen LogP contribution in [0.25, 0.3) is 11.5 Å². The van der Waals surface area contributed by atoms with E-state index in [-0.39, 0.29) is 47.3 Å². The molecule has 2 fully saturated rings. The van der Waals surface area contributed by atoms with Gasteiger partial charge in [0.1, 0.15) is 6.61 Å². The summed E-state index contributed by atoms with van der Waals surface area (Å²) in [5, 5.41) is 13.1. The van der Waals surface area contributed by atoms with Crippen molar-refractivity contribution in [2.45, 2.75) is 25.3 Å². The van der Waals surface area contributed by atoms with E-state index in [1.54, 1.807) is 0 Å². The molecule has 0 radical (unpaired) electrons. The van der Waals surface area contributed by atoms with Crippen molar-refractivity contribution >= 4 is 23.5 Å². The van der Waals surface area contributed by atoms with Gasteiger partial charge in [-0.1, -0.05) is 18.0 Å². The molecule has 4 rings (SSSR count). The zero-order valence-corrected chi connectivity index (χ0v) is 17.7. The summed E-state index contributed by atoms with van der Waals surface area (Å²) in [4.78, 5) is 20.6. The molecule has 1 aromatic heterocycles. The van der Waals surface area contributed by atoms with E-state index in [4.69, 9.17) is 31.7 Å². The molecule has 1 aromatic carbocycles. The number of aromatic nitrogens is 2. The summed E-state index contributed by atoms with van der Waals surface area (Å²) in [7, 11) is 0. The van der Waals surface area contributed by atoms with Crippen molar-refractivity contribution in [3.8, 4) is 17.2 Å². The van der Waals surface area contributed by atoms with Gasteiger partial charge in [0, 0.05) is 38.2 Å². The van der Waals surface area contributed by atoms with Gasteiger partial charge >= 0.3 is 0 Å². The molecule has 31 heavy (non-hydrogen) atoms. The van der Waals surface area contributed by atoms with Crippen LogP contribution in [0.1, 0.15) is 19.3 Å². The zero-order chi connectivity index (χ0) is 22.0. The summed E-state index contributed by atoms with van der Waals surface area (Å²) in [6.45, 7) is 2.08. The summed E-state index contributed by atoms with van der Waals surface area (Å²) in [6.07, 6.45) is 3.11. The number of anilines is 1. The van der Waals surface area contributed by atoms with Crippen molar-refractivity contribution in [2.75, 3.05) is 44.3 Å². The number of ether oxygens (including phenoxy) is 1. The number of hydrogen-bond donors (Lipinski definition) is 2. The van der Waals surface area contributed by atoms with E-state index >= 15 is 0 Å². The zero-order valence-electron chi connectivity index (χ0n) is 17.0. The predicted molar refractivity (Wildman–Crippen MR) is 111 cm³/mol. The number of nitrogens with zero attached hydrogens (tertiary/aromatic N) is 4. The Hall–Kier alpha value is -2.43. The van der Waals surface area contributed by atoms with Crippen LogP contribution in [0.5, 0.6) is 5.75 Å². The van der Waals surface area contributed by atoms with Gasteiger partial charge in [-0.3, -0.25) is 4.79 Å². The van der Waals surface area contributed by atoms with Crippen molar-refractivity contribution in [3.63, 3.8) is 0 Å². The second-order valence-electron chi connectivity index (χ2n) is 7.86. The molecule has 0 spiro atoms. The third kappa shape index (κ3) is 4.76. The summed E-state index contributed by atoms with van der Waals surface area (Å²) in [5.74, 6) is 0.148. The van der Waals surface area contributed by atoms with Gasteiger partial charge in [-0.25, -0.2) is 4.39 Å². The van der Waals surface area contributed by atoms with Crippen LogP contribution < -0.4 is 15.4 Å². The Morgan fingerprint density at radius 1 is 1.35 bits per heavy atom. The minimum absolute atomic E-state index is 0.0526. The summed E-state index contributed by atoms with van der Waals surface area (Å²) < 4.78 is 25.0. The molecule has 9 nitrogen and oxygen atoms in total. The van der Waals surface area contributed by atoms with Crippen LogP contribution in [-0.2, 0) is 4.79 Å². The number of halogens is 2. The SMILES string of the molecule is N[C@@H](CO)COc1cc(Cl)c(-c2nc(N3CCN(C(=O)C4CCC4)CC3)no2)cc1F. The molecule has 1 atom stereocenters. The molecule has 11 heteroatoms. The monoisotopic (exact) mass is 453 g/mol. The van der Waals surface area contributed by atoms with Gasteiger partial charge in [0.05, 0.1) is 23.2 Å². The average Bonchev–Trinajstić information content (AvgIpc) is 3.22. The molecular formula is C20H25ClFN5O4. The first-order valence-corrected chi connectivity index (χ1v) is 10.7. The van der Waals surface area contributed by atoms with Crippen LogP contribution in [0.3, 0.4) is 0 Å². The first-order chi connectivity index (χ1) is 15.0. The van der Waals surface area contributed by atoms with Gasteiger partial charge in [-0.15, -0.1) is 0 Å². The van der Waals surface area contributed by atoms with Crippen molar-refractivity contribution in [1.82, 2.24) is 15.0 Å². The molecule has 168 valence electrons. The quantitative estimate of drug-likeness (QED) is 0.650. The van der Waals surface area contributed by atoms with Gasteiger partial charge in [-0.05, 0) is 24.1 Å².